The molecule has 1 saturated carbocycles. The minimum Gasteiger partial charge on any atom is -0.443 e. The van der Waals surface area contributed by atoms with Crippen LogP contribution >= 0.6 is 0 Å². The highest BCUT2D eigenvalue weighted by atomic mass is 16.6. The van der Waals surface area contributed by atoms with Crippen LogP contribution in [-0.2, 0) is 9.47 Å². The first-order chi connectivity index (χ1) is 11.2. The second kappa shape index (κ2) is 7.38. The number of ether oxygens (including phenoxy) is 2. The summed E-state index contributed by atoms with van der Waals surface area (Å²) in [5.74, 6) is 0. The third-order valence-corrected chi connectivity index (χ3v) is 4.35. The summed E-state index contributed by atoms with van der Waals surface area (Å²) in [6.07, 6.45) is 5.24. The number of rotatable bonds is 3. The number of methoxy groups -OCH3 is 1. The molecule has 6 nitrogen and oxygen atoms in total. The zero-order valence-electron chi connectivity index (χ0n) is 15.2. The van der Waals surface area contributed by atoms with E-state index < -0.39 is 11.7 Å². The second-order valence-electron chi connectivity index (χ2n) is 7.31. The molecule has 1 heterocycles. The van der Waals surface area contributed by atoms with E-state index in [-0.39, 0.29) is 17.7 Å². The molecule has 6 heteroatoms. The van der Waals surface area contributed by atoms with Gasteiger partial charge >= 0.3 is 6.09 Å². The van der Waals surface area contributed by atoms with Crippen LogP contribution in [0.5, 0.6) is 0 Å². The summed E-state index contributed by atoms with van der Waals surface area (Å²) >= 11 is 0. The zero-order chi connectivity index (χ0) is 17.9. The van der Waals surface area contributed by atoms with Crippen molar-refractivity contribution in [1.82, 2.24) is 4.57 Å². The molecule has 0 radical (unpaired) electrons. The summed E-state index contributed by atoms with van der Waals surface area (Å²) in [7, 11) is 3.30. The molecule has 1 amide bonds. The first kappa shape index (κ1) is 18.5. The van der Waals surface area contributed by atoms with Gasteiger partial charge in [0.05, 0.1) is 6.10 Å². The van der Waals surface area contributed by atoms with Crippen molar-refractivity contribution >= 4 is 11.8 Å². The maximum absolute atomic E-state index is 12.8. The Labute approximate surface area is 143 Å². The molecule has 0 aromatic carbocycles. The van der Waals surface area contributed by atoms with Crippen LogP contribution in [0.25, 0.3) is 0 Å². The Balaban J connectivity index is 2.19. The van der Waals surface area contributed by atoms with Gasteiger partial charge in [-0.3, -0.25) is 9.69 Å². The summed E-state index contributed by atoms with van der Waals surface area (Å²) in [6, 6.07) is 3.61. The van der Waals surface area contributed by atoms with Gasteiger partial charge in [-0.05, 0) is 58.6 Å². The van der Waals surface area contributed by atoms with Crippen molar-refractivity contribution in [1.29, 1.82) is 0 Å². The summed E-state index contributed by atoms with van der Waals surface area (Å²) in [6.45, 7) is 5.41. The predicted molar refractivity (Wildman–Crippen MR) is 93.6 cm³/mol. The molecule has 0 N–H and O–H groups in total. The molecule has 0 spiro atoms. The fraction of sp³-hybridized carbons (Fsp3) is 0.667. The van der Waals surface area contributed by atoms with Gasteiger partial charge in [0.15, 0.2) is 0 Å². The quantitative estimate of drug-likeness (QED) is 0.849. The molecule has 1 aromatic rings. The fourth-order valence-electron chi connectivity index (χ4n) is 3.03. The van der Waals surface area contributed by atoms with Gasteiger partial charge < -0.3 is 14.0 Å². The van der Waals surface area contributed by atoms with E-state index in [1.807, 2.05) is 0 Å². The largest absolute Gasteiger partial charge is 0.443 e. The first-order valence-electron chi connectivity index (χ1n) is 8.43. The van der Waals surface area contributed by atoms with Crippen molar-refractivity contribution in [3.63, 3.8) is 0 Å². The van der Waals surface area contributed by atoms with E-state index in [1.54, 1.807) is 57.8 Å². The fourth-order valence-corrected chi connectivity index (χ4v) is 3.03. The van der Waals surface area contributed by atoms with Gasteiger partial charge in [-0.2, -0.15) is 0 Å². The van der Waals surface area contributed by atoms with E-state index in [4.69, 9.17) is 9.47 Å². The molecule has 1 fully saturated rings. The monoisotopic (exact) mass is 336 g/mol. The minimum atomic E-state index is -0.600. The molecule has 0 bridgehead atoms. The zero-order valence-corrected chi connectivity index (χ0v) is 15.2. The topological polar surface area (TPSA) is 60.8 Å². The summed E-state index contributed by atoms with van der Waals surface area (Å²) < 4.78 is 12.5. The Bertz CT molecular complexity index is 625. The van der Waals surface area contributed by atoms with Gasteiger partial charge in [0.2, 0.25) is 0 Å². The van der Waals surface area contributed by atoms with E-state index in [0.29, 0.717) is 5.69 Å². The SMILES string of the molecule is CO[C@H]1CC[C@H](n2cccc(N(C)C(=O)OC(C)(C)C)c2=O)CC1. The molecule has 0 atom stereocenters. The van der Waals surface area contributed by atoms with E-state index in [2.05, 4.69) is 0 Å². The molecule has 2 rings (SSSR count). The predicted octanol–water partition coefficient (Wildman–Crippen LogP) is 3.35. The van der Waals surface area contributed by atoms with E-state index >= 15 is 0 Å². The number of nitrogens with zero attached hydrogens (tertiary/aromatic N) is 2. The Kier molecular flexibility index (Phi) is 5.70. The highest BCUT2D eigenvalue weighted by Gasteiger charge is 2.26. The van der Waals surface area contributed by atoms with E-state index in [9.17, 15) is 9.59 Å². The maximum atomic E-state index is 12.8. The Morgan fingerprint density at radius 3 is 2.42 bits per heavy atom. The molecule has 134 valence electrons. The normalized spacial score (nSPS) is 21.4. The van der Waals surface area contributed by atoms with Crippen LogP contribution in [0, 0.1) is 0 Å². The van der Waals surface area contributed by atoms with Crippen molar-refractivity contribution in [2.75, 3.05) is 19.1 Å². The number of hydrogen-bond donors (Lipinski definition) is 0. The third kappa shape index (κ3) is 4.38. The Morgan fingerprint density at radius 2 is 1.88 bits per heavy atom. The van der Waals surface area contributed by atoms with Gasteiger partial charge in [0.25, 0.3) is 5.56 Å². The number of anilines is 1. The van der Waals surface area contributed by atoms with Gasteiger partial charge in [-0.1, -0.05) is 0 Å². The first-order valence-corrected chi connectivity index (χ1v) is 8.43. The van der Waals surface area contributed by atoms with Crippen LogP contribution in [-0.4, -0.2) is 36.5 Å². The smallest absolute Gasteiger partial charge is 0.414 e. The van der Waals surface area contributed by atoms with Crippen LogP contribution in [0.1, 0.15) is 52.5 Å². The molecule has 0 saturated heterocycles. The average Bonchev–Trinajstić information content (AvgIpc) is 2.53. The van der Waals surface area contributed by atoms with Crippen LogP contribution in [0.15, 0.2) is 23.1 Å². The van der Waals surface area contributed by atoms with Gasteiger partial charge in [-0.25, -0.2) is 4.79 Å². The van der Waals surface area contributed by atoms with Crippen molar-refractivity contribution < 1.29 is 14.3 Å². The number of hydrogen-bond acceptors (Lipinski definition) is 4. The van der Waals surface area contributed by atoms with Crippen molar-refractivity contribution in [3.8, 4) is 0 Å². The molecule has 1 aliphatic rings. The second-order valence-corrected chi connectivity index (χ2v) is 7.31. The number of carbonyl (C=O) groups excluding carboxylic acids is 1. The maximum Gasteiger partial charge on any atom is 0.414 e. The number of carbonyl (C=O) groups is 1. The lowest BCUT2D eigenvalue weighted by atomic mass is 9.92. The van der Waals surface area contributed by atoms with Crippen LogP contribution < -0.4 is 10.5 Å². The van der Waals surface area contributed by atoms with Gasteiger partial charge in [-0.15, -0.1) is 0 Å². The van der Waals surface area contributed by atoms with Crippen molar-refractivity contribution in [2.24, 2.45) is 0 Å². The molecule has 1 aromatic heterocycles. The molecule has 0 unspecified atom stereocenters. The Morgan fingerprint density at radius 1 is 1.25 bits per heavy atom. The molecular formula is C18H28N2O4. The molecule has 1 aliphatic carbocycles. The van der Waals surface area contributed by atoms with Crippen LogP contribution in [0.2, 0.25) is 0 Å². The summed E-state index contributed by atoms with van der Waals surface area (Å²) in [5.41, 5.74) is -0.426. The van der Waals surface area contributed by atoms with Crippen molar-refractivity contribution in [3.05, 3.63) is 28.7 Å². The standard InChI is InChI=1S/C18H28N2O4/c1-18(2,3)24-17(22)19(4)15-7-6-12-20(16(15)21)13-8-10-14(23-5)11-9-13/h6-7,12-14H,8-11H2,1-5H3/t13-,14-. The lowest BCUT2D eigenvalue weighted by molar-refractivity contribution is 0.0577. The van der Waals surface area contributed by atoms with E-state index in [0.717, 1.165) is 25.7 Å². The summed E-state index contributed by atoms with van der Waals surface area (Å²) in [5, 5.41) is 0. The minimum absolute atomic E-state index is 0.149. The van der Waals surface area contributed by atoms with E-state index in [1.165, 1.54) is 4.90 Å². The summed E-state index contributed by atoms with van der Waals surface area (Å²) in [4.78, 5) is 26.3. The molecule has 0 aliphatic heterocycles. The number of aromatic nitrogens is 1. The highest BCUT2D eigenvalue weighted by molar-refractivity contribution is 5.86. The highest BCUT2D eigenvalue weighted by Crippen LogP contribution is 2.29. The van der Waals surface area contributed by atoms with Gasteiger partial charge in [0.1, 0.15) is 11.3 Å². The number of amides is 1. The molecular weight excluding hydrogens is 308 g/mol. The van der Waals surface area contributed by atoms with Crippen LogP contribution in [0.4, 0.5) is 10.5 Å². The lowest BCUT2D eigenvalue weighted by Crippen LogP contribution is -2.39. The van der Waals surface area contributed by atoms with Crippen molar-refractivity contribution in [2.45, 2.75) is 64.2 Å². The van der Waals surface area contributed by atoms with Gasteiger partial charge in [0, 0.05) is 26.4 Å². The average molecular weight is 336 g/mol. The lowest BCUT2D eigenvalue weighted by Gasteiger charge is -2.30. The number of pyridine rings is 1. The van der Waals surface area contributed by atoms with Crippen LogP contribution in [0.3, 0.4) is 0 Å². The Hall–Kier alpha value is -1.82. The third-order valence-electron chi connectivity index (χ3n) is 4.35. The molecule has 24 heavy (non-hydrogen) atoms.